The van der Waals surface area contributed by atoms with Crippen LogP contribution in [-0.4, -0.2) is 27.5 Å². The quantitative estimate of drug-likeness (QED) is 0.588. The molecule has 4 rings (SSSR count). The zero-order valence-electron chi connectivity index (χ0n) is 15.2. The number of hydrogen-bond acceptors (Lipinski definition) is 6. The summed E-state index contributed by atoms with van der Waals surface area (Å²) in [7, 11) is 0. The summed E-state index contributed by atoms with van der Waals surface area (Å²) in [5.41, 5.74) is 1.26. The SMILES string of the molecule is C[C@@H]1CCc2c(sc3nc(S[C@H](C)C#N)n(C[C@@H]4CCCO4)c(=O)c23)C1. The van der Waals surface area contributed by atoms with Gasteiger partial charge in [0.15, 0.2) is 5.16 Å². The fourth-order valence-corrected chi connectivity index (χ4v) is 6.06. The van der Waals surface area contributed by atoms with Crippen molar-refractivity contribution in [2.24, 2.45) is 5.92 Å². The summed E-state index contributed by atoms with van der Waals surface area (Å²) in [5.74, 6) is 0.664. The highest BCUT2D eigenvalue weighted by atomic mass is 32.2. The molecule has 1 fully saturated rings. The van der Waals surface area contributed by atoms with Gasteiger partial charge in [0.25, 0.3) is 5.56 Å². The molecule has 2 aromatic heterocycles. The monoisotopic (exact) mass is 389 g/mol. The number of ether oxygens (including phenoxy) is 1. The summed E-state index contributed by atoms with van der Waals surface area (Å²) in [4.78, 5) is 20.4. The van der Waals surface area contributed by atoms with Crippen LogP contribution in [-0.2, 0) is 24.1 Å². The summed E-state index contributed by atoms with van der Waals surface area (Å²) >= 11 is 3.04. The number of nitrogens with zero attached hydrogens (tertiary/aromatic N) is 3. The van der Waals surface area contributed by atoms with Crippen molar-refractivity contribution in [3.8, 4) is 6.07 Å². The van der Waals surface area contributed by atoms with E-state index in [-0.39, 0.29) is 16.9 Å². The summed E-state index contributed by atoms with van der Waals surface area (Å²) in [5, 5.41) is 10.4. The van der Waals surface area contributed by atoms with Crippen LogP contribution in [0.25, 0.3) is 10.2 Å². The van der Waals surface area contributed by atoms with Crippen molar-refractivity contribution in [2.75, 3.05) is 6.61 Å². The largest absolute Gasteiger partial charge is 0.376 e. The molecule has 0 N–H and O–H groups in total. The average molecular weight is 390 g/mol. The zero-order valence-corrected chi connectivity index (χ0v) is 16.8. The van der Waals surface area contributed by atoms with Crippen LogP contribution in [0.15, 0.2) is 9.95 Å². The van der Waals surface area contributed by atoms with Crippen LogP contribution in [0, 0.1) is 17.2 Å². The summed E-state index contributed by atoms with van der Waals surface area (Å²) in [6, 6.07) is 2.24. The van der Waals surface area contributed by atoms with E-state index in [1.54, 1.807) is 15.9 Å². The number of thiophene rings is 1. The molecule has 0 saturated carbocycles. The molecule has 26 heavy (non-hydrogen) atoms. The first-order valence-corrected chi connectivity index (χ1v) is 11.0. The summed E-state index contributed by atoms with van der Waals surface area (Å²) < 4.78 is 7.53. The van der Waals surface area contributed by atoms with E-state index in [0.29, 0.717) is 17.6 Å². The fourth-order valence-electron chi connectivity index (χ4n) is 3.83. The maximum absolute atomic E-state index is 13.4. The van der Waals surface area contributed by atoms with Gasteiger partial charge in [0, 0.05) is 11.5 Å². The normalized spacial score (nSPS) is 23.7. The average Bonchev–Trinajstić information content (AvgIpc) is 3.24. The third-order valence-corrected chi connectivity index (χ3v) is 7.38. The van der Waals surface area contributed by atoms with Gasteiger partial charge in [-0.05, 0) is 50.5 Å². The van der Waals surface area contributed by atoms with Gasteiger partial charge in [-0.15, -0.1) is 11.3 Å². The van der Waals surface area contributed by atoms with Gasteiger partial charge < -0.3 is 4.74 Å². The van der Waals surface area contributed by atoms with Gasteiger partial charge in [-0.3, -0.25) is 9.36 Å². The van der Waals surface area contributed by atoms with Crippen LogP contribution in [0.2, 0.25) is 0 Å². The van der Waals surface area contributed by atoms with Crippen molar-refractivity contribution in [1.82, 2.24) is 9.55 Å². The van der Waals surface area contributed by atoms with Crippen molar-refractivity contribution in [2.45, 2.75) is 69.0 Å². The fraction of sp³-hybridized carbons (Fsp3) is 0.632. The molecule has 138 valence electrons. The number of fused-ring (bicyclic) bond motifs is 3. The molecule has 3 heterocycles. The molecule has 1 aliphatic heterocycles. The van der Waals surface area contributed by atoms with Gasteiger partial charge in [0.2, 0.25) is 0 Å². The van der Waals surface area contributed by atoms with E-state index in [2.05, 4.69) is 13.0 Å². The molecule has 2 aromatic rings. The Morgan fingerprint density at radius 2 is 2.35 bits per heavy atom. The standard InChI is InChI=1S/C19H23N3O2S2/c1-11-5-6-14-15(8-11)26-17-16(14)18(23)22(10-13-4-3-7-24-13)19(21-17)25-12(2)9-20/h11-13H,3-8,10H2,1-2H3/t11-,12-,13+/m1/s1. The maximum atomic E-state index is 13.4. The number of thioether (sulfide) groups is 1. The van der Waals surface area contributed by atoms with Gasteiger partial charge in [0.05, 0.1) is 29.4 Å². The second-order valence-electron chi connectivity index (χ2n) is 7.37. The number of nitriles is 1. The van der Waals surface area contributed by atoms with E-state index < -0.39 is 0 Å². The molecule has 0 spiro atoms. The van der Waals surface area contributed by atoms with Crippen molar-refractivity contribution < 1.29 is 4.74 Å². The van der Waals surface area contributed by atoms with E-state index >= 15 is 0 Å². The molecule has 1 saturated heterocycles. The minimum absolute atomic E-state index is 0.0465. The Hall–Kier alpha value is -1.36. The number of aryl methyl sites for hydroxylation is 1. The van der Waals surface area contributed by atoms with Crippen LogP contribution in [0.3, 0.4) is 0 Å². The molecule has 5 nitrogen and oxygen atoms in total. The zero-order chi connectivity index (χ0) is 18.3. The van der Waals surface area contributed by atoms with Crippen LogP contribution in [0.4, 0.5) is 0 Å². The molecular weight excluding hydrogens is 366 g/mol. The second-order valence-corrected chi connectivity index (χ2v) is 9.76. The van der Waals surface area contributed by atoms with Crippen LogP contribution < -0.4 is 5.56 Å². The number of hydrogen-bond donors (Lipinski definition) is 0. The first kappa shape index (κ1) is 18.0. The summed E-state index contributed by atoms with van der Waals surface area (Å²) in [6.45, 7) is 5.41. The molecule has 1 aliphatic carbocycles. The van der Waals surface area contributed by atoms with E-state index in [0.717, 1.165) is 48.9 Å². The topological polar surface area (TPSA) is 67.9 Å². The number of aromatic nitrogens is 2. The van der Waals surface area contributed by atoms with E-state index in [1.807, 2.05) is 6.92 Å². The van der Waals surface area contributed by atoms with Crippen molar-refractivity contribution in [3.63, 3.8) is 0 Å². The Morgan fingerprint density at radius 1 is 1.50 bits per heavy atom. The van der Waals surface area contributed by atoms with E-state index in [4.69, 9.17) is 9.72 Å². The van der Waals surface area contributed by atoms with Crippen LogP contribution in [0.1, 0.15) is 43.6 Å². The highest BCUT2D eigenvalue weighted by Crippen LogP contribution is 2.37. The van der Waals surface area contributed by atoms with Crippen molar-refractivity contribution >= 4 is 33.3 Å². The van der Waals surface area contributed by atoms with E-state index in [1.165, 1.54) is 22.2 Å². The van der Waals surface area contributed by atoms with Crippen molar-refractivity contribution in [3.05, 3.63) is 20.8 Å². The molecule has 3 atom stereocenters. The minimum atomic E-state index is -0.246. The van der Waals surface area contributed by atoms with Gasteiger partial charge >= 0.3 is 0 Å². The lowest BCUT2D eigenvalue weighted by atomic mass is 9.89. The molecule has 2 aliphatic rings. The lowest BCUT2D eigenvalue weighted by Crippen LogP contribution is -2.29. The van der Waals surface area contributed by atoms with E-state index in [9.17, 15) is 10.1 Å². The first-order chi connectivity index (χ1) is 12.6. The Labute approximate surface area is 161 Å². The molecule has 0 aromatic carbocycles. The smallest absolute Gasteiger partial charge is 0.263 e. The Kier molecular flexibility index (Phi) is 5.09. The molecule has 7 heteroatoms. The van der Waals surface area contributed by atoms with Crippen LogP contribution in [0.5, 0.6) is 0 Å². The van der Waals surface area contributed by atoms with Gasteiger partial charge in [-0.2, -0.15) is 5.26 Å². The minimum Gasteiger partial charge on any atom is -0.376 e. The third-order valence-electron chi connectivity index (χ3n) is 5.25. The Morgan fingerprint density at radius 3 is 3.08 bits per heavy atom. The van der Waals surface area contributed by atoms with Crippen molar-refractivity contribution in [1.29, 1.82) is 5.26 Å². The molecule has 0 radical (unpaired) electrons. The molecular formula is C19H23N3O2S2. The predicted molar refractivity (Wildman–Crippen MR) is 105 cm³/mol. The Bertz CT molecular complexity index is 921. The van der Waals surface area contributed by atoms with Gasteiger partial charge in [-0.25, -0.2) is 4.98 Å². The predicted octanol–water partition coefficient (Wildman–Crippen LogP) is 3.77. The van der Waals surface area contributed by atoms with Gasteiger partial charge in [-0.1, -0.05) is 18.7 Å². The molecule has 0 amide bonds. The van der Waals surface area contributed by atoms with Gasteiger partial charge in [0.1, 0.15) is 4.83 Å². The third kappa shape index (κ3) is 3.30. The highest BCUT2D eigenvalue weighted by molar-refractivity contribution is 8.00. The molecule has 0 bridgehead atoms. The Balaban J connectivity index is 1.84. The van der Waals surface area contributed by atoms with Crippen LogP contribution >= 0.6 is 23.1 Å². The maximum Gasteiger partial charge on any atom is 0.263 e. The lowest BCUT2D eigenvalue weighted by molar-refractivity contribution is 0.0937. The highest BCUT2D eigenvalue weighted by Gasteiger charge is 2.26. The molecule has 0 unspecified atom stereocenters. The second kappa shape index (κ2) is 7.34. The first-order valence-electron chi connectivity index (χ1n) is 9.29. The lowest BCUT2D eigenvalue weighted by Gasteiger charge is -2.18. The number of rotatable bonds is 4. The summed E-state index contributed by atoms with van der Waals surface area (Å²) in [6.07, 6.45) is 5.22.